The maximum Gasteiger partial charge on any atom is 0.343 e. The number of carbonyl (C=O) groups is 3. The number of phenolic OH excluding ortho intramolecular Hbond substituents is 1. The molecule has 0 aliphatic carbocycles. The van der Waals surface area contributed by atoms with Crippen molar-refractivity contribution in [2.75, 3.05) is 53.4 Å². The zero-order valence-corrected chi connectivity index (χ0v) is 24.5. The van der Waals surface area contributed by atoms with Crippen molar-refractivity contribution in [1.82, 2.24) is 0 Å². The van der Waals surface area contributed by atoms with Crippen molar-refractivity contribution in [1.29, 1.82) is 0 Å². The monoisotopic (exact) mass is 582 g/mol. The summed E-state index contributed by atoms with van der Waals surface area (Å²) in [7, 11) is 1.28. The quantitative estimate of drug-likeness (QED) is 0.125. The van der Waals surface area contributed by atoms with E-state index in [1.165, 1.54) is 21.0 Å². The lowest BCUT2D eigenvalue weighted by molar-refractivity contribution is -0.142. The van der Waals surface area contributed by atoms with Gasteiger partial charge >= 0.3 is 5.97 Å². The van der Waals surface area contributed by atoms with Gasteiger partial charge in [0.25, 0.3) is 0 Å². The van der Waals surface area contributed by atoms with Crippen LogP contribution in [0.25, 0.3) is 10.8 Å². The topological polar surface area (TPSA) is 127 Å². The van der Waals surface area contributed by atoms with Gasteiger partial charge in [-0.05, 0) is 61.4 Å². The highest BCUT2D eigenvalue weighted by molar-refractivity contribution is 6.09. The van der Waals surface area contributed by atoms with Gasteiger partial charge in [-0.3, -0.25) is 9.59 Å². The summed E-state index contributed by atoms with van der Waals surface area (Å²) < 4.78 is 32.9. The molecule has 3 rings (SSSR count). The zero-order chi connectivity index (χ0) is 30.5. The molecule has 0 aromatic heterocycles. The van der Waals surface area contributed by atoms with Crippen LogP contribution in [0, 0.1) is 0 Å². The smallest absolute Gasteiger partial charge is 0.343 e. The third-order valence-electron chi connectivity index (χ3n) is 6.35. The number of methoxy groups -OCH3 is 1. The molecular formula is C32H38O10. The molecule has 0 radical (unpaired) electrons. The number of Topliss-reactive ketones (excluding diaryl/α,β-unsaturated/α-hetero) is 2. The minimum atomic E-state index is -0.503. The number of benzene rings is 3. The minimum Gasteiger partial charge on any atom is -0.507 e. The highest BCUT2D eigenvalue weighted by Gasteiger charge is 2.16. The summed E-state index contributed by atoms with van der Waals surface area (Å²) >= 11 is 0. The van der Waals surface area contributed by atoms with Crippen LogP contribution in [0.1, 0.15) is 53.5 Å². The first-order valence-electron chi connectivity index (χ1n) is 13.8. The Morgan fingerprint density at radius 2 is 1.38 bits per heavy atom. The van der Waals surface area contributed by atoms with E-state index < -0.39 is 5.97 Å². The maximum absolute atomic E-state index is 12.5. The van der Waals surface area contributed by atoms with Crippen LogP contribution in [0.2, 0.25) is 0 Å². The molecule has 0 spiro atoms. The molecule has 10 nitrogen and oxygen atoms in total. The molecule has 0 unspecified atom stereocenters. The molecule has 0 bridgehead atoms. The molecule has 0 fully saturated rings. The number of carbonyl (C=O) groups excluding carboxylic acids is 3. The second kappa shape index (κ2) is 16.3. The van der Waals surface area contributed by atoms with E-state index in [2.05, 4.69) is 4.74 Å². The van der Waals surface area contributed by atoms with Gasteiger partial charge in [0.05, 0.1) is 44.7 Å². The highest BCUT2D eigenvalue weighted by Crippen LogP contribution is 2.33. The van der Waals surface area contributed by atoms with E-state index in [0.717, 1.165) is 11.8 Å². The van der Waals surface area contributed by atoms with Gasteiger partial charge < -0.3 is 33.5 Å². The fraction of sp³-hybridized carbons (Fsp3) is 0.406. The minimum absolute atomic E-state index is 0.0214. The number of aromatic hydroxyl groups is 1. The fourth-order valence-corrected chi connectivity index (χ4v) is 4.32. The summed E-state index contributed by atoms with van der Waals surface area (Å²) in [6, 6.07) is 12.1. The van der Waals surface area contributed by atoms with Crippen LogP contribution in [0.5, 0.6) is 23.0 Å². The predicted molar refractivity (Wildman–Crippen MR) is 156 cm³/mol. The van der Waals surface area contributed by atoms with Crippen molar-refractivity contribution in [3.63, 3.8) is 0 Å². The molecule has 0 aliphatic heterocycles. The van der Waals surface area contributed by atoms with Crippen LogP contribution in [0.4, 0.5) is 0 Å². The molecule has 10 heteroatoms. The van der Waals surface area contributed by atoms with Crippen LogP contribution in [-0.4, -0.2) is 76.0 Å². The van der Waals surface area contributed by atoms with E-state index in [-0.39, 0.29) is 42.7 Å². The zero-order valence-electron chi connectivity index (χ0n) is 24.5. The lowest BCUT2D eigenvalue weighted by atomic mass is 10.0. The largest absolute Gasteiger partial charge is 0.507 e. The van der Waals surface area contributed by atoms with Crippen LogP contribution in [-0.2, 0) is 25.4 Å². The van der Waals surface area contributed by atoms with Gasteiger partial charge in [0.2, 0.25) is 0 Å². The lowest BCUT2D eigenvalue weighted by Gasteiger charge is -2.15. The molecule has 3 aromatic rings. The Morgan fingerprint density at radius 1 is 0.762 bits per heavy atom. The number of fused-ring (bicyclic) bond motifs is 1. The Kier molecular flexibility index (Phi) is 12.6. The van der Waals surface area contributed by atoms with E-state index in [0.29, 0.717) is 66.6 Å². The molecule has 1 N–H and O–H groups in total. The van der Waals surface area contributed by atoms with E-state index in [9.17, 15) is 19.5 Å². The third kappa shape index (κ3) is 8.92. The first-order valence-corrected chi connectivity index (χ1v) is 13.8. The van der Waals surface area contributed by atoms with Gasteiger partial charge in [0.15, 0.2) is 18.2 Å². The summed E-state index contributed by atoms with van der Waals surface area (Å²) in [4.78, 5) is 35.6. The molecule has 3 aromatic carbocycles. The Bertz CT molecular complexity index is 1380. The normalized spacial score (nSPS) is 10.9. The van der Waals surface area contributed by atoms with Crippen LogP contribution < -0.4 is 14.2 Å². The molecule has 0 atom stereocenters. The Morgan fingerprint density at radius 3 is 2.00 bits per heavy atom. The Hall–Kier alpha value is -4.15. The van der Waals surface area contributed by atoms with Crippen molar-refractivity contribution >= 4 is 28.3 Å². The van der Waals surface area contributed by atoms with E-state index in [4.69, 9.17) is 23.7 Å². The Balaban J connectivity index is 1.42. The molecule has 226 valence electrons. The van der Waals surface area contributed by atoms with Crippen molar-refractivity contribution < 1.29 is 47.9 Å². The molecule has 0 saturated heterocycles. The average Bonchev–Trinajstić information content (AvgIpc) is 2.97. The van der Waals surface area contributed by atoms with Gasteiger partial charge in [-0.15, -0.1) is 0 Å². The number of phenols is 1. The first-order chi connectivity index (χ1) is 20.3. The van der Waals surface area contributed by atoms with Crippen molar-refractivity contribution in [3.8, 4) is 23.0 Å². The molecule has 42 heavy (non-hydrogen) atoms. The summed E-state index contributed by atoms with van der Waals surface area (Å²) in [6.07, 6.45) is 1.40. The SMILES string of the molecule is CCCc1c(OCCOCCOCCOc2ccc3ccc(OCC(=O)OC)cc3c2C(C)=O)ccc(C(C)=O)c1O. The maximum atomic E-state index is 12.5. The van der Waals surface area contributed by atoms with Crippen molar-refractivity contribution in [2.45, 2.75) is 33.6 Å². The number of esters is 1. The summed E-state index contributed by atoms with van der Waals surface area (Å²) in [5, 5.41) is 11.9. The van der Waals surface area contributed by atoms with E-state index in [1.807, 2.05) is 19.1 Å². The van der Waals surface area contributed by atoms with Gasteiger partial charge in [-0.25, -0.2) is 4.79 Å². The molecule has 0 saturated carbocycles. The van der Waals surface area contributed by atoms with Crippen LogP contribution >= 0.6 is 0 Å². The van der Waals surface area contributed by atoms with Crippen LogP contribution in [0.15, 0.2) is 42.5 Å². The number of rotatable bonds is 18. The summed E-state index contributed by atoms with van der Waals surface area (Å²) in [5.74, 6) is 0.529. The predicted octanol–water partition coefficient (Wildman–Crippen LogP) is 4.95. The molecule has 0 amide bonds. The van der Waals surface area contributed by atoms with Crippen LogP contribution in [0.3, 0.4) is 0 Å². The summed E-state index contributed by atoms with van der Waals surface area (Å²) in [6.45, 7) is 6.46. The number of ketones is 2. The van der Waals surface area contributed by atoms with Gasteiger partial charge in [0.1, 0.15) is 36.2 Å². The molecule has 0 aliphatic rings. The highest BCUT2D eigenvalue weighted by atomic mass is 16.6. The van der Waals surface area contributed by atoms with E-state index >= 15 is 0 Å². The number of hydrogen-bond acceptors (Lipinski definition) is 10. The standard InChI is InChI=1S/C32H38O10/c1-5-6-26-28(12-10-25(21(2)33)32(26)36)40-17-15-38-13-14-39-16-18-41-29-11-8-23-7-9-24(42-20-30(35)37-4)19-27(23)31(29)22(3)34/h7-12,19,36H,5-6,13-18,20H2,1-4H3. The molecular weight excluding hydrogens is 544 g/mol. The average molecular weight is 583 g/mol. The fourth-order valence-electron chi connectivity index (χ4n) is 4.32. The summed E-state index contributed by atoms with van der Waals surface area (Å²) in [5.41, 5.74) is 1.34. The van der Waals surface area contributed by atoms with Gasteiger partial charge in [-0.2, -0.15) is 0 Å². The second-order valence-corrected chi connectivity index (χ2v) is 9.41. The van der Waals surface area contributed by atoms with Gasteiger partial charge in [0, 0.05) is 5.56 Å². The van der Waals surface area contributed by atoms with Gasteiger partial charge in [-0.1, -0.05) is 25.5 Å². The number of hydrogen-bond donors (Lipinski definition) is 1. The number of ether oxygens (including phenoxy) is 6. The Labute approximate surface area is 245 Å². The van der Waals surface area contributed by atoms with Crippen molar-refractivity contribution in [2.24, 2.45) is 0 Å². The lowest BCUT2D eigenvalue weighted by Crippen LogP contribution is -2.14. The first kappa shape index (κ1) is 32.4. The molecule has 0 heterocycles. The van der Waals surface area contributed by atoms with E-state index in [1.54, 1.807) is 30.3 Å². The second-order valence-electron chi connectivity index (χ2n) is 9.41. The third-order valence-corrected chi connectivity index (χ3v) is 6.35. The van der Waals surface area contributed by atoms with Crippen molar-refractivity contribution in [3.05, 3.63) is 59.2 Å².